The van der Waals surface area contributed by atoms with E-state index in [1.165, 1.54) is 25.3 Å². The molecule has 2 N–H and O–H groups in total. The zero-order chi connectivity index (χ0) is 20.3. The first-order chi connectivity index (χ1) is 13.3. The van der Waals surface area contributed by atoms with Crippen LogP contribution in [0.4, 0.5) is 5.69 Å². The van der Waals surface area contributed by atoms with Gasteiger partial charge in [0.25, 0.3) is 5.91 Å². The predicted octanol–water partition coefficient (Wildman–Crippen LogP) is 3.54. The third-order valence-corrected chi connectivity index (χ3v) is 7.08. The molecule has 1 amide bonds. The lowest BCUT2D eigenvalue weighted by atomic mass is 10.1. The highest BCUT2D eigenvalue weighted by atomic mass is 35.5. The Hall–Kier alpha value is -2.09. The summed E-state index contributed by atoms with van der Waals surface area (Å²) in [6, 6.07) is 11.0. The average molecular weight is 424 g/mol. The lowest BCUT2D eigenvalue weighted by Crippen LogP contribution is -2.17. The number of carbonyl (C=O) groups excluding carboxylic acids is 1. The van der Waals surface area contributed by atoms with Gasteiger partial charge in [-0.1, -0.05) is 23.7 Å². The molecule has 1 fully saturated rings. The van der Waals surface area contributed by atoms with Crippen LogP contribution in [0.15, 0.2) is 47.4 Å². The van der Waals surface area contributed by atoms with E-state index in [0.29, 0.717) is 30.0 Å². The molecule has 2 aromatic carbocycles. The molecule has 0 saturated heterocycles. The van der Waals surface area contributed by atoms with Gasteiger partial charge in [0.15, 0.2) is 9.84 Å². The van der Waals surface area contributed by atoms with Gasteiger partial charge in [-0.05, 0) is 55.5 Å². The van der Waals surface area contributed by atoms with Crippen LogP contribution in [-0.4, -0.2) is 38.4 Å². The van der Waals surface area contributed by atoms with Gasteiger partial charge in [-0.15, -0.1) is 0 Å². The largest absolute Gasteiger partial charge is 0.496 e. The molecule has 0 aliphatic heterocycles. The Kier molecular flexibility index (Phi) is 6.27. The Morgan fingerprint density at radius 1 is 1.25 bits per heavy atom. The Bertz CT molecular complexity index is 976. The number of rotatable bonds is 6. The maximum absolute atomic E-state index is 12.8. The van der Waals surface area contributed by atoms with Crippen LogP contribution < -0.4 is 10.1 Å². The lowest BCUT2D eigenvalue weighted by molar-refractivity contribution is 0.102. The minimum Gasteiger partial charge on any atom is -0.496 e. The predicted molar refractivity (Wildman–Crippen MR) is 108 cm³/mol. The third kappa shape index (κ3) is 4.66. The van der Waals surface area contributed by atoms with Crippen LogP contribution >= 0.6 is 11.6 Å². The number of nitrogens with one attached hydrogen (secondary N) is 1. The summed E-state index contributed by atoms with van der Waals surface area (Å²) in [6.07, 6.45) is 1.34. The summed E-state index contributed by atoms with van der Waals surface area (Å²) in [5, 5.41) is 12.7. The number of aliphatic hydroxyl groups is 1. The van der Waals surface area contributed by atoms with Crippen LogP contribution in [0.1, 0.15) is 29.6 Å². The highest BCUT2D eigenvalue weighted by molar-refractivity contribution is 7.91. The van der Waals surface area contributed by atoms with Crippen molar-refractivity contribution in [2.24, 2.45) is 5.92 Å². The van der Waals surface area contributed by atoms with E-state index in [0.717, 1.165) is 0 Å². The summed E-state index contributed by atoms with van der Waals surface area (Å²) in [7, 11) is -2.19. The maximum atomic E-state index is 12.8. The van der Waals surface area contributed by atoms with Crippen molar-refractivity contribution in [3.63, 3.8) is 0 Å². The summed E-state index contributed by atoms with van der Waals surface area (Å²) in [5.41, 5.74) is 0.527. The number of amides is 1. The van der Waals surface area contributed by atoms with Crippen LogP contribution in [0.3, 0.4) is 0 Å². The first kappa shape index (κ1) is 20.6. The maximum Gasteiger partial charge on any atom is 0.259 e. The van der Waals surface area contributed by atoms with Crippen LogP contribution in [0.2, 0.25) is 5.02 Å². The van der Waals surface area contributed by atoms with E-state index >= 15 is 0 Å². The van der Waals surface area contributed by atoms with Gasteiger partial charge in [0.05, 0.1) is 40.1 Å². The standard InChI is InChI=1S/C20H22ClNO5S/c1-27-19-9-8-15(28(25,26)12-13-6-7-14(23)10-13)11-16(19)20(24)22-18-5-3-2-4-17(18)21/h2-5,8-9,11,13-14,23H,6-7,10,12H2,1H3,(H,22,24)/t13?,14-/m1/s1. The second-order valence-electron chi connectivity index (χ2n) is 6.91. The molecule has 0 spiro atoms. The number of anilines is 1. The average Bonchev–Trinajstić information content (AvgIpc) is 3.07. The molecular weight excluding hydrogens is 402 g/mol. The zero-order valence-electron chi connectivity index (χ0n) is 15.4. The second-order valence-corrected chi connectivity index (χ2v) is 9.35. The number of halogens is 1. The van der Waals surface area contributed by atoms with E-state index in [4.69, 9.17) is 16.3 Å². The van der Waals surface area contributed by atoms with Gasteiger partial charge in [-0.2, -0.15) is 0 Å². The molecule has 2 aromatic rings. The molecule has 150 valence electrons. The molecule has 0 bridgehead atoms. The quantitative estimate of drug-likeness (QED) is 0.741. The molecule has 1 unspecified atom stereocenters. The smallest absolute Gasteiger partial charge is 0.259 e. The Morgan fingerprint density at radius 2 is 2.00 bits per heavy atom. The van der Waals surface area contributed by atoms with Crippen molar-refractivity contribution in [3.8, 4) is 5.75 Å². The molecule has 8 heteroatoms. The number of benzene rings is 2. The minimum absolute atomic E-state index is 0.0536. The summed E-state index contributed by atoms with van der Waals surface area (Å²) in [5.74, 6) is -0.386. The number of sulfone groups is 1. The first-order valence-corrected chi connectivity index (χ1v) is 11.0. The van der Waals surface area contributed by atoms with Crippen molar-refractivity contribution in [2.75, 3.05) is 18.2 Å². The van der Waals surface area contributed by atoms with Gasteiger partial charge in [-0.25, -0.2) is 8.42 Å². The summed E-state index contributed by atoms with van der Waals surface area (Å²) in [6.45, 7) is 0. The number of ether oxygens (including phenoxy) is 1. The Morgan fingerprint density at radius 3 is 2.64 bits per heavy atom. The van der Waals surface area contributed by atoms with Crippen molar-refractivity contribution in [1.82, 2.24) is 0 Å². The molecule has 28 heavy (non-hydrogen) atoms. The normalized spacial score (nSPS) is 19.4. The molecule has 6 nitrogen and oxygen atoms in total. The number of methoxy groups -OCH3 is 1. The monoisotopic (exact) mass is 423 g/mol. The van der Waals surface area contributed by atoms with Crippen molar-refractivity contribution in [2.45, 2.75) is 30.3 Å². The van der Waals surface area contributed by atoms with E-state index in [1.807, 2.05) is 0 Å². The van der Waals surface area contributed by atoms with Gasteiger partial charge in [0.1, 0.15) is 5.75 Å². The van der Waals surface area contributed by atoms with Crippen LogP contribution in [0, 0.1) is 5.92 Å². The summed E-state index contributed by atoms with van der Waals surface area (Å²) >= 11 is 6.08. The van der Waals surface area contributed by atoms with Crippen LogP contribution in [0.5, 0.6) is 5.75 Å². The number of para-hydroxylation sites is 1. The number of hydrogen-bond donors (Lipinski definition) is 2. The van der Waals surface area contributed by atoms with Crippen LogP contribution in [-0.2, 0) is 9.84 Å². The van der Waals surface area contributed by atoms with Gasteiger partial charge in [0, 0.05) is 0 Å². The molecule has 1 aliphatic rings. The highest BCUT2D eigenvalue weighted by Gasteiger charge is 2.29. The van der Waals surface area contributed by atoms with E-state index in [-0.39, 0.29) is 27.9 Å². The molecular formula is C20H22ClNO5S. The molecule has 3 rings (SSSR count). The lowest BCUT2D eigenvalue weighted by Gasteiger charge is -2.14. The van der Waals surface area contributed by atoms with E-state index in [1.54, 1.807) is 24.3 Å². The molecule has 0 radical (unpaired) electrons. The van der Waals surface area contributed by atoms with Crippen LogP contribution in [0.25, 0.3) is 0 Å². The van der Waals surface area contributed by atoms with Crippen molar-refractivity contribution < 1.29 is 23.1 Å². The third-order valence-electron chi connectivity index (χ3n) is 4.87. The Labute approximate surface area is 169 Å². The zero-order valence-corrected chi connectivity index (χ0v) is 17.0. The van der Waals surface area contributed by atoms with Gasteiger partial charge >= 0.3 is 0 Å². The number of aliphatic hydroxyl groups excluding tert-OH is 1. The number of hydrogen-bond acceptors (Lipinski definition) is 5. The second kappa shape index (κ2) is 8.51. The molecule has 1 aliphatic carbocycles. The SMILES string of the molecule is COc1ccc(S(=O)(=O)CC2CC[C@@H](O)C2)cc1C(=O)Nc1ccccc1Cl. The van der Waals surface area contributed by atoms with E-state index in [2.05, 4.69) is 5.32 Å². The summed E-state index contributed by atoms with van der Waals surface area (Å²) < 4.78 is 30.8. The van der Waals surface area contributed by atoms with Gasteiger partial charge in [0.2, 0.25) is 0 Å². The summed E-state index contributed by atoms with van der Waals surface area (Å²) in [4.78, 5) is 12.8. The highest BCUT2D eigenvalue weighted by Crippen LogP contribution is 2.31. The molecule has 0 heterocycles. The number of carbonyl (C=O) groups is 1. The van der Waals surface area contributed by atoms with Crippen molar-refractivity contribution in [1.29, 1.82) is 0 Å². The van der Waals surface area contributed by atoms with E-state index in [9.17, 15) is 18.3 Å². The minimum atomic E-state index is -3.60. The molecule has 1 saturated carbocycles. The van der Waals surface area contributed by atoms with E-state index < -0.39 is 21.8 Å². The molecule has 0 aromatic heterocycles. The fourth-order valence-corrected chi connectivity index (χ4v) is 5.29. The van der Waals surface area contributed by atoms with Crippen molar-refractivity contribution >= 4 is 33.0 Å². The topological polar surface area (TPSA) is 92.7 Å². The Balaban J connectivity index is 1.87. The molecule has 2 atom stereocenters. The van der Waals surface area contributed by atoms with Gasteiger partial charge in [-0.3, -0.25) is 4.79 Å². The van der Waals surface area contributed by atoms with Crippen molar-refractivity contribution in [3.05, 3.63) is 53.1 Å². The fourth-order valence-electron chi connectivity index (χ4n) is 3.42. The van der Waals surface area contributed by atoms with Gasteiger partial charge < -0.3 is 15.2 Å². The first-order valence-electron chi connectivity index (χ1n) is 8.95. The fraction of sp³-hybridized carbons (Fsp3) is 0.350.